The minimum Gasteiger partial charge on any atom is -0.382 e. The van der Waals surface area contributed by atoms with Crippen LogP contribution in [0.5, 0.6) is 0 Å². The van der Waals surface area contributed by atoms with Gasteiger partial charge in [-0.25, -0.2) is 14.4 Å². The molecule has 0 radical (unpaired) electrons. The molecule has 12 heteroatoms. The number of carbonyl (C=O) groups is 1. The van der Waals surface area contributed by atoms with Crippen molar-refractivity contribution in [1.29, 1.82) is 0 Å². The molecule has 0 bridgehead atoms. The van der Waals surface area contributed by atoms with Gasteiger partial charge < -0.3 is 10.6 Å². The summed E-state index contributed by atoms with van der Waals surface area (Å²) in [5.74, 6) is -0.956. The number of hydrogen-bond donors (Lipinski definition) is 1. The first-order valence-corrected chi connectivity index (χ1v) is 10.1. The molecule has 3 heterocycles. The van der Waals surface area contributed by atoms with Crippen LogP contribution in [0.3, 0.4) is 0 Å². The summed E-state index contributed by atoms with van der Waals surface area (Å²) in [6, 6.07) is 4.49. The average molecular weight is 459 g/mol. The molecule has 0 saturated heterocycles. The lowest BCUT2D eigenvalue weighted by Crippen LogP contribution is -2.33. The quantitative estimate of drug-likeness (QED) is 0.459. The Hall–Kier alpha value is -3.83. The smallest absolute Gasteiger partial charge is 0.382 e. The molecule has 33 heavy (non-hydrogen) atoms. The van der Waals surface area contributed by atoms with E-state index in [1.165, 1.54) is 29.6 Å². The van der Waals surface area contributed by atoms with Crippen LogP contribution in [0.2, 0.25) is 0 Å². The van der Waals surface area contributed by atoms with E-state index >= 15 is 0 Å². The first-order valence-electron chi connectivity index (χ1n) is 10.1. The Balaban J connectivity index is 1.50. The van der Waals surface area contributed by atoms with Crippen molar-refractivity contribution in [2.24, 2.45) is 5.92 Å². The van der Waals surface area contributed by atoms with Crippen LogP contribution < -0.4 is 5.73 Å². The number of anilines is 1. The van der Waals surface area contributed by atoms with Gasteiger partial charge in [-0.15, -0.1) is 5.10 Å². The van der Waals surface area contributed by atoms with Crippen molar-refractivity contribution in [1.82, 2.24) is 29.5 Å². The predicted octanol–water partition coefficient (Wildman–Crippen LogP) is 3.47. The Morgan fingerprint density at radius 2 is 1.97 bits per heavy atom. The Morgan fingerprint density at radius 1 is 1.18 bits per heavy atom. The number of amides is 1. The number of imidazole rings is 1. The van der Waals surface area contributed by atoms with Crippen molar-refractivity contribution in [3.63, 3.8) is 0 Å². The van der Waals surface area contributed by atoms with Gasteiger partial charge in [0.15, 0.2) is 5.69 Å². The molecule has 1 aliphatic rings. The zero-order valence-electron chi connectivity index (χ0n) is 17.1. The maximum Gasteiger partial charge on any atom is 0.435 e. The molecule has 1 fully saturated rings. The maximum atomic E-state index is 15.0. The predicted molar refractivity (Wildman–Crippen MR) is 109 cm³/mol. The lowest BCUT2D eigenvalue weighted by molar-refractivity contribution is -0.141. The van der Waals surface area contributed by atoms with Crippen LogP contribution in [0.25, 0.3) is 16.6 Å². The van der Waals surface area contributed by atoms with Gasteiger partial charge in [-0.1, -0.05) is 0 Å². The van der Waals surface area contributed by atoms with Crippen LogP contribution in [-0.4, -0.2) is 41.9 Å². The summed E-state index contributed by atoms with van der Waals surface area (Å²) in [5.41, 5.74) is 5.97. The molecular weight excluding hydrogens is 442 g/mol. The van der Waals surface area contributed by atoms with E-state index < -0.39 is 23.6 Å². The van der Waals surface area contributed by atoms with Crippen molar-refractivity contribution in [2.45, 2.75) is 25.6 Å². The van der Waals surface area contributed by atoms with Gasteiger partial charge in [0.25, 0.3) is 5.91 Å². The first kappa shape index (κ1) is 21.0. The van der Waals surface area contributed by atoms with Gasteiger partial charge in [0.05, 0.1) is 41.4 Å². The molecule has 1 amide bonds. The number of alkyl halides is 3. The van der Waals surface area contributed by atoms with E-state index in [0.29, 0.717) is 17.6 Å². The molecule has 1 saturated carbocycles. The number of nitrogens with zero attached hydrogens (tertiary/aromatic N) is 6. The van der Waals surface area contributed by atoms with E-state index in [-0.39, 0.29) is 35.1 Å². The van der Waals surface area contributed by atoms with Gasteiger partial charge in [-0.2, -0.15) is 18.3 Å². The summed E-state index contributed by atoms with van der Waals surface area (Å²) in [6.07, 6.45) is 0.222. The van der Waals surface area contributed by atoms with Crippen molar-refractivity contribution >= 4 is 28.3 Å². The van der Waals surface area contributed by atoms with Crippen molar-refractivity contribution in [3.05, 3.63) is 59.6 Å². The molecule has 2 N–H and O–H groups in total. The SMILES string of the molecule is Nc1nc2cc(F)c(C(=O)N(Cc3ccc(C(F)(F)F)nn3)CC3CC3)cc2n2cncc12. The number of rotatable bonds is 5. The van der Waals surface area contributed by atoms with Crippen LogP contribution in [0, 0.1) is 11.7 Å². The van der Waals surface area contributed by atoms with E-state index in [2.05, 4.69) is 20.2 Å². The summed E-state index contributed by atoms with van der Waals surface area (Å²) in [4.78, 5) is 22.9. The fraction of sp³-hybridized carbons (Fsp3) is 0.286. The lowest BCUT2D eigenvalue weighted by atomic mass is 10.1. The maximum absolute atomic E-state index is 15.0. The normalized spacial score (nSPS) is 14.2. The minimum atomic E-state index is -4.61. The highest BCUT2D eigenvalue weighted by atomic mass is 19.4. The molecule has 0 unspecified atom stereocenters. The van der Waals surface area contributed by atoms with E-state index in [1.807, 2.05) is 0 Å². The molecular formula is C21H17F4N7O. The topological polar surface area (TPSA) is 102 Å². The number of halogens is 4. The second kappa shape index (κ2) is 7.64. The average Bonchev–Trinajstić information content (AvgIpc) is 3.44. The van der Waals surface area contributed by atoms with Crippen LogP contribution >= 0.6 is 0 Å². The van der Waals surface area contributed by atoms with Crippen molar-refractivity contribution in [2.75, 3.05) is 12.3 Å². The number of fused-ring (bicyclic) bond motifs is 3. The Morgan fingerprint density at radius 3 is 2.64 bits per heavy atom. The number of benzene rings is 1. The number of nitrogens with two attached hydrogens (primary N) is 1. The van der Waals surface area contributed by atoms with E-state index in [1.54, 1.807) is 4.40 Å². The Bertz CT molecular complexity index is 1360. The van der Waals surface area contributed by atoms with E-state index in [4.69, 9.17) is 5.73 Å². The summed E-state index contributed by atoms with van der Waals surface area (Å²) >= 11 is 0. The summed E-state index contributed by atoms with van der Waals surface area (Å²) < 4.78 is 54.9. The molecule has 1 aromatic carbocycles. The lowest BCUT2D eigenvalue weighted by Gasteiger charge is -2.23. The number of nitrogen functional groups attached to an aromatic ring is 1. The summed E-state index contributed by atoms with van der Waals surface area (Å²) in [5, 5.41) is 6.82. The standard InChI is InChI=1S/C21H17F4N7O/c22-14-6-15-16(32-10-27-7-17(32)19(26)28-15)5-13(14)20(33)31(8-11-1-2-11)9-12-3-4-18(30-29-12)21(23,24)25/h3-7,10-11H,1-2,8-9H2,(H2,26,28). The second-order valence-electron chi connectivity index (χ2n) is 8.00. The highest BCUT2D eigenvalue weighted by Crippen LogP contribution is 2.32. The van der Waals surface area contributed by atoms with Crippen LogP contribution in [-0.2, 0) is 12.7 Å². The molecule has 0 spiro atoms. The molecule has 0 aliphatic heterocycles. The van der Waals surface area contributed by atoms with Gasteiger partial charge in [-0.05, 0) is 37.0 Å². The van der Waals surface area contributed by atoms with Crippen LogP contribution in [0.4, 0.5) is 23.4 Å². The third-order valence-electron chi connectivity index (χ3n) is 5.52. The highest BCUT2D eigenvalue weighted by molar-refractivity contribution is 5.98. The third-order valence-corrected chi connectivity index (χ3v) is 5.52. The molecule has 4 aromatic rings. The van der Waals surface area contributed by atoms with Crippen LogP contribution in [0.1, 0.15) is 34.6 Å². The summed E-state index contributed by atoms with van der Waals surface area (Å²) in [7, 11) is 0. The van der Waals surface area contributed by atoms with Crippen molar-refractivity contribution in [3.8, 4) is 0 Å². The van der Waals surface area contributed by atoms with Gasteiger partial charge in [0, 0.05) is 12.6 Å². The monoisotopic (exact) mass is 459 g/mol. The fourth-order valence-corrected chi connectivity index (χ4v) is 3.65. The number of carbonyl (C=O) groups excluding carboxylic acids is 1. The van der Waals surface area contributed by atoms with Gasteiger partial charge >= 0.3 is 6.18 Å². The zero-order chi connectivity index (χ0) is 23.3. The van der Waals surface area contributed by atoms with E-state index in [9.17, 15) is 22.4 Å². The largest absolute Gasteiger partial charge is 0.435 e. The molecule has 3 aromatic heterocycles. The van der Waals surface area contributed by atoms with Gasteiger partial charge in [-0.3, -0.25) is 9.20 Å². The molecule has 0 atom stereocenters. The molecule has 1 aliphatic carbocycles. The fourth-order valence-electron chi connectivity index (χ4n) is 3.65. The van der Waals surface area contributed by atoms with E-state index in [0.717, 1.165) is 25.0 Å². The number of aromatic nitrogens is 5. The molecule has 8 nitrogen and oxygen atoms in total. The number of hydrogen-bond acceptors (Lipinski definition) is 6. The Kier molecular flexibility index (Phi) is 4.87. The van der Waals surface area contributed by atoms with Gasteiger partial charge in [0.2, 0.25) is 0 Å². The highest BCUT2D eigenvalue weighted by Gasteiger charge is 2.33. The van der Waals surface area contributed by atoms with Gasteiger partial charge in [0.1, 0.15) is 17.2 Å². The molecule has 5 rings (SSSR count). The third kappa shape index (κ3) is 4.03. The second-order valence-corrected chi connectivity index (χ2v) is 8.00. The Labute approximate surface area is 184 Å². The molecule has 170 valence electrons. The van der Waals surface area contributed by atoms with Crippen LogP contribution in [0.15, 0.2) is 36.8 Å². The van der Waals surface area contributed by atoms with Crippen molar-refractivity contribution < 1.29 is 22.4 Å². The first-order chi connectivity index (χ1) is 15.7. The zero-order valence-corrected chi connectivity index (χ0v) is 17.1. The summed E-state index contributed by atoms with van der Waals surface area (Å²) in [6.45, 7) is 0.234. The minimum absolute atomic E-state index is 0.0988.